The van der Waals surface area contributed by atoms with Crippen LogP contribution in [0, 0.1) is 0 Å². The molecule has 2 N–H and O–H groups in total. The van der Waals surface area contributed by atoms with Gasteiger partial charge < -0.3 is 10.6 Å². The van der Waals surface area contributed by atoms with Crippen LogP contribution in [0.4, 0.5) is 5.69 Å². The van der Waals surface area contributed by atoms with Crippen LogP contribution >= 0.6 is 0 Å². The number of fused-ring (bicyclic) bond motifs is 1. The van der Waals surface area contributed by atoms with Crippen LogP contribution in [0.3, 0.4) is 0 Å². The number of aromatic nitrogens is 3. The van der Waals surface area contributed by atoms with E-state index in [0.717, 1.165) is 42.4 Å². The SMILES string of the molecule is CC(C)n1ncc2c(C(=O)Nc3ccccc3C(=O)NC3CC3)cc(C3CC3)nc21. The van der Waals surface area contributed by atoms with E-state index in [1.54, 1.807) is 24.4 Å². The van der Waals surface area contributed by atoms with Crippen molar-refractivity contribution in [1.82, 2.24) is 20.1 Å². The number of carbonyl (C=O) groups excluding carboxylic acids is 2. The van der Waals surface area contributed by atoms with E-state index < -0.39 is 0 Å². The zero-order valence-corrected chi connectivity index (χ0v) is 17.2. The number of nitrogens with zero attached hydrogens (tertiary/aromatic N) is 3. The number of nitrogens with one attached hydrogen (secondary N) is 2. The van der Waals surface area contributed by atoms with Crippen LogP contribution in [-0.2, 0) is 0 Å². The van der Waals surface area contributed by atoms with Gasteiger partial charge in [-0.15, -0.1) is 0 Å². The van der Waals surface area contributed by atoms with Gasteiger partial charge in [-0.25, -0.2) is 9.67 Å². The second-order valence-electron chi connectivity index (χ2n) is 8.54. The van der Waals surface area contributed by atoms with Gasteiger partial charge in [0.1, 0.15) is 0 Å². The third kappa shape index (κ3) is 3.56. The van der Waals surface area contributed by atoms with Gasteiger partial charge in [0.15, 0.2) is 5.65 Å². The molecule has 7 heteroatoms. The molecule has 2 aliphatic carbocycles. The number of pyridine rings is 1. The van der Waals surface area contributed by atoms with Crippen molar-refractivity contribution in [2.24, 2.45) is 0 Å². The van der Waals surface area contributed by atoms with Gasteiger partial charge in [0.25, 0.3) is 11.8 Å². The molecule has 0 atom stereocenters. The Bertz CT molecular complexity index is 1140. The lowest BCUT2D eigenvalue weighted by molar-refractivity contribution is 0.0952. The fourth-order valence-corrected chi connectivity index (χ4v) is 3.66. The molecule has 0 saturated heterocycles. The van der Waals surface area contributed by atoms with Crippen molar-refractivity contribution in [1.29, 1.82) is 0 Å². The molecule has 2 aliphatic rings. The summed E-state index contributed by atoms with van der Waals surface area (Å²) in [7, 11) is 0. The monoisotopic (exact) mass is 403 g/mol. The van der Waals surface area contributed by atoms with Gasteiger partial charge in [-0.2, -0.15) is 5.10 Å². The van der Waals surface area contributed by atoms with E-state index in [0.29, 0.717) is 22.7 Å². The first-order valence-electron chi connectivity index (χ1n) is 10.6. The molecule has 0 unspecified atom stereocenters. The molecule has 2 heterocycles. The molecular formula is C23H25N5O2. The molecule has 3 aromatic rings. The average Bonchev–Trinajstić information content (AvgIpc) is 3.66. The lowest BCUT2D eigenvalue weighted by atomic mass is 10.1. The number of para-hydroxylation sites is 1. The van der Waals surface area contributed by atoms with Crippen LogP contribution in [0.1, 0.15) is 77.9 Å². The molecule has 2 fully saturated rings. The van der Waals surface area contributed by atoms with Crippen molar-refractivity contribution in [3.05, 3.63) is 53.3 Å². The molecule has 5 rings (SSSR count). The minimum atomic E-state index is -0.251. The highest BCUT2D eigenvalue weighted by molar-refractivity contribution is 6.14. The van der Waals surface area contributed by atoms with Crippen molar-refractivity contribution in [3.8, 4) is 0 Å². The lowest BCUT2D eigenvalue weighted by Crippen LogP contribution is -2.27. The zero-order valence-electron chi connectivity index (χ0n) is 17.2. The maximum absolute atomic E-state index is 13.3. The van der Waals surface area contributed by atoms with Crippen molar-refractivity contribution in [3.63, 3.8) is 0 Å². The molecule has 0 bridgehead atoms. The highest BCUT2D eigenvalue weighted by atomic mass is 16.2. The van der Waals surface area contributed by atoms with E-state index >= 15 is 0 Å². The molecule has 30 heavy (non-hydrogen) atoms. The van der Waals surface area contributed by atoms with Gasteiger partial charge in [0.2, 0.25) is 0 Å². The molecule has 154 valence electrons. The second-order valence-corrected chi connectivity index (χ2v) is 8.54. The van der Waals surface area contributed by atoms with Crippen LogP contribution in [0.2, 0.25) is 0 Å². The molecule has 0 spiro atoms. The van der Waals surface area contributed by atoms with E-state index in [1.807, 2.05) is 30.7 Å². The largest absolute Gasteiger partial charge is 0.349 e. The summed E-state index contributed by atoms with van der Waals surface area (Å²) in [5, 5.41) is 11.1. The Morgan fingerprint density at radius 1 is 1.07 bits per heavy atom. The number of rotatable bonds is 6. The quantitative estimate of drug-likeness (QED) is 0.650. The molecular weight excluding hydrogens is 378 g/mol. The first kappa shape index (κ1) is 18.8. The van der Waals surface area contributed by atoms with Crippen LogP contribution in [-0.4, -0.2) is 32.6 Å². The fourth-order valence-electron chi connectivity index (χ4n) is 3.66. The van der Waals surface area contributed by atoms with Crippen LogP contribution in [0.5, 0.6) is 0 Å². The summed E-state index contributed by atoms with van der Waals surface area (Å²) >= 11 is 0. The van der Waals surface area contributed by atoms with E-state index in [4.69, 9.17) is 4.98 Å². The van der Waals surface area contributed by atoms with Crippen LogP contribution in [0.15, 0.2) is 36.5 Å². The van der Waals surface area contributed by atoms with Crippen molar-refractivity contribution < 1.29 is 9.59 Å². The number of carbonyl (C=O) groups is 2. The summed E-state index contributed by atoms with van der Waals surface area (Å²) < 4.78 is 1.86. The number of anilines is 1. The Hall–Kier alpha value is -3.22. The Labute approximate surface area is 174 Å². The Morgan fingerprint density at radius 3 is 2.53 bits per heavy atom. The summed E-state index contributed by atoms with van der Waals surface area (Å²) in [6, 6.07) is 9.41. The summed E-state index contributed by atoms with van der Waals surface area (Å²) in [6.07, 6.45) is 5.93. The third-order valence-electron chi connectivity index (χ3n) is 5.65. The van der Waals surface area contributed by atoms with E-state index in [2.05, 4.69) is 15.7 Å². The molecule has 7 nitrogen and oxygen atoms in total. The Kier molecular flexibility index (Phi) is 4.53. The number of benzene rings is 1. The summed E-state index contributed by atoms with van der Waals surface area (Å²) in [6.45, 7) is 4.10. The molecule has 0 radical (unpaired) electrons. The van der Waals surface area contributed by atoms with Gasteiger partial charge in [-0.1, -0.05) is 12.1 Å². The fraction of sp³-hybridized carbons (Fsp3) is 0.391. The maximum Gasteiger partial charge on any atom is 0.256 e. The Balaban J connectivity index is 1.50. The Morgan fingerprint density at radius 2 is 1.83 bits per heavy atom. The number of hydrogen-bond acceptors (Lipinski definition) is 4. The maximum atomic E-state index is 13.3. The topological polar surface area (TPSA) is 88.9 Å². The minimum Gasteiger partial charge on any atom is -0.349 e. The molecule has 0 aliphatic heterocycles. The minimum absolute atomic E-state index is 0.146. The molecule has 2 aromatic heterocycles. The molecule has 1 aromatic carbocycles. The lowest BCUT2D eigenvalue weighted by Gasteiger charge is -2.13. The first-order chi connectivity index (χ1) is 14.5. The summed E-state index contributed by atoms with van der Waals surface area (Å²) in [5.41, 5.74) is 3.21. The number of amides is 2. The normalized spacial score (nSPS) is 16.1. The van der Waals surface area contributed by atoms with Gasteiger partial charge in [0, 0.05) is 23.7 Å². The van der Waals surface area contributed by atoms with Crippen molar-refractivity contribution in [2.75, 3.05) is 5.32 Å². The zero-order chi connectivity index (χ0) is 20.8. The van der Waals surface area contributed by atoms with Gasteiger partial charge in [0.05, 0.1) is 28.4 Å². The summed E-state index contributed by atoms with van der Waals surface area (Å²) in [4.78, 5) is 30.7. The summed E-state index contributed by atoms with van der Waals surface area (Å²) in [5.74, 6) is 0.00641. The predicted octanol–water partition coefficient (Wildman–Crippen LogP) is 4.03. The van der Waals surface area contributed by atoms with Crippen molar-refractivity contribution >= 4 is 28.5 Å². The van der Waals surface area contributed by atoms with Gasteiger partial charge in [-0.3, -0.25) is 9.59 Å². The third-order valence-corrected chi connectivity index (χ3v) is 5.65. The van der Waals surface area contributed by atoms with Gasteiger partial charge >= 0.3 is 0 Å². The highest BCUT2D eigenvalue weighted by Gasteiger charge is 2.29. The van der Waals surface area contributed by atoms with E-state index in [-0.39, 0.29) is 23.9 Å². The van der Waals surface area contributed by atoms with Gasteiger partial charge in [-0.05, 0) is 57.7 Å². The number of hydrogen-bond donors (Lipinski definition) is 2. The average molecular weight is 403 g/mol. The van der Waals surface area contributed by atoms with E-state index in [1.165, 1.54) is 0 Å². The van der Waals surface area contributed by atoms with E-state index in [9.17, 15) is 9.59 Å². The van der Waals surface area contributed by atoms with Crippen molar-refractivity contribution in [2.45, 2.75) is 57.5 Å². The highest BCUT2D eigenvalue weighted by Crippen LogP contribution is 2.40. The predicted molar refractivity (Wildman–Crippen MR) is 115 cm³/mol. The first-order valence-corrected chi connectivity index (χ1v) is 10.6. The smallest absolute Gasteiger partial charge is 0.256 e. The molecule has 2 saturated carbocycles. The second kappa shape index (κ2) is 7.23. The van der Waals surface area contributed by atoms with Crippen LogP contribution < -0.4 is 10.6 Å². The molecule has 2 amide bonds. The van der Waals surface area contributed by atoms with Crippen LogP contribution in [0.25, 0.3) is 11.0 Å². The standard InChI is InChI=1S/C23H25N5O2/c1-13(2)28-21-18(12-24-28)17(11-20(26-21)14-7-8-14)23(30)27-19-6-4-3-5-16(19)22(29)25-15-9-10-15/h3-6,11-15H,7-10H2,1-2H3,(H,25,29)(H,27,30).